The lowest BCUT2D eigenvalue weighted by Crippen LogP contribution is -2.29. The Bertz CT molecular complexity index is 377. The van der Waals surface area contributed by atoms with Gasteiger partial charge in [-0.2, -0.15) is 0 Å². The third-order valence-electron chi connectivity index (χ3n) is 3.69. The Labute approximate surface area is 109 Å². The molecule has 0 spiro atoms. The van der Waals surface area contributed by atoms with Gasteiger partial charge in [0.15, 0.2) is 0 Å². The molecule has 1 saturated heterocycles. The minimum absolute atomic E-state index is 0.178. The summed E-state index contributed by atoms with van der Waals surface area (Å²) >= 11 is 0. The van der Waals surface area contributed by atoms with E-state index in [1.165, 1.54) is 24.9 Å². The van der Waals surface area contributed by atoms with Crippen molar-refractivity contribution in [1.82, 2.24) is 4.90 Å². The highest BCUT2D eigenvalue weighted by Crippen LogP contribution is 2.23. The summed E-state index contributed by atoms with van der Waals surface area (Å²) in [7, 11) is 0. The van der Waals surface area contributed by atoms with Crippen LogP contribution < -0.4 is 5.73 Å². The van der Waals surface area contributed by atoms with Crippen molar-refractivity contribution >= 4 is 5.91 Å². The number of carbonyl (C=O) groups excluding carboxylic acids is 1. The Morgan fingerprint density at radius 2 is 2.11 bits per heavy atom. The first-order chi connectivity index (χ1) is 8.75. The largest absolute Gasteiger partial charge is 0.370 e. The molecule has 1 heterocycles. The van der Waals surface area contributed by atoms with Gasteiger partial charge in [-0.15, -0.1) is 0 Å². The summed E-state index contributed by atoms with van der Waals surface area (Å²) in [6, 6.07) is 11.2. The van der Waals surface area contributed by atoms with Crippen LogP contribution in [-0.2, 0) is 11.3 Å². The summed E-state index contributed by atoms with van der Waals surface area (Å²) in [5.74, 6) is -0.178. The van der Waals surface area contributed by atoms with Crippen molar-refractivity contribution in [1.29, 1.82) is 0 Å². The second-order valence-electron chi connectivity index (χ2n) is 5.11. The summed E-state index contributed by atoms with van der Waals surface area (Å²) in [6.07, 6.45) is 5.07. The van der Waals surface area contributed by atoms with Crippen LogP contribution in [0.5, 0.6) is 0 Å². The van der Waals surface area contributed by atoms with E-state index in [1.807, 2.05) is 0 Å². The van der Waals surface area contributed by atoms with Gasteiger partial charge in [0, 0.05) is 19.0 Å². The van der Waals surface area contributed by atoms with Gasteiger partial charge in [0.2, 0.25) is 5.91 Å². The smallest absolute Gasteiger partial charge is 0.217 e. The number of amides is 1. The van der Waals surface area contributed by atoms with Crippen molar-refractivity contribution in [3.05, 3.63) is 35.9 Å². The van der Waals surface area contributed by atoms with Crippen LogP contribution in [0.4, 0.5) is 0 Å². The van der Waals surface area contributed by atoms with E-state index in [9.17, 15) is 4.79 Å². The van der Waals surface area contributed by atoms with Crippen molar-refractivity contribution in [2.75, 3.05) is 6.54 Å². The van der Waals surface area contributed by atoms with Gasteiger partial charge >= 0.3 is 0 Å². The van der Waals surface area contributed by atoms with Gasteiger partial charge in [-0.1, -0.05) is 30.3 Å². The molecule has 98 valence electrons. The zero-order valence-corrected chi connectivity index (χ0v) is 10.8. The molecule has 1 atom stereocenters. The van der Waals surface area contributed by atoms with Crippen LogP contribution in [0.2, 0.25) is 0 Å². The molecule has 0 saturated carbocycles. The Morgan fingerprint density at radius 3 is 2.83 bits per heavy atom. The Hall–Kier alpha value is -1.35. The van der Waals surface area contributed by atoms with E-state index in [4.69, 9.17) is 5.73 Å². The van der Waals surface area contributed by atoms with Crippen LogP contribution in [0.25, 0.3) is 0 Å². The number of rotatable bonds is 6. The number of nitrogens with zero attached hydrogens (tertiary/aromatic N) is 1. The van der Waals surface area contributed by atoms with Crippen LogP contribution in [0, 0.1) is 0 Å². The summed E-state index contributed by atoms with van der Waals surface area (Å²) in [5, 5.41) is 0. The molecule has 18 heavy (non-hydrogen) atoms. The molecule has 1 aliphatic rings. The van der Waals surface area contributed by atoms with Gasteiger partial charge in [0.05, 0.1) is 0 Å². The van der Waals surface area contributed by atoms with Gasteiger partial charge in [0.25, 0.3) is 0 Å². The Balaban J connectivity index is 1.82. The molecule has 2 rings (SSSR count). The number of likely N-dealkylation sites (tertiary alicyclic amines) is 1. The molecule has 1 aromatic carbocycles. The maximum absolute atomic E-state index is 10.8. The molecule has 3 heteroatoms. The maximum atomic E-state index is 10.8. The summed E-state index contributed by atoms with van der Waals surface area (Å²) in [5.41, 5.74) is 6.56. The standard InChI is InChI=1S/C15H22N2O/c16-15(18)10-4-8-14-9-5-11-17(14)12-13-6-2-1-3-7-13/h1-3,6-7,14H,4-5,8-12H2,(H2,16,18)/t14-/m1/s1. The molecule has 0 unspecified atom stereocenters. The topological polar surface area (TPSA) is 46.3 Å². The molecular formula is C15H22N2O. The summed E-state index contributed by atoms with van der Waals surface area (Å²) in [6.45, 7) is 2.21. The fourth-order valence-electron chi connectivity index (χ4n) is 2.76. The van der Waals surface area contributed by atoms with Crippen LogP contribution in [0.3, 0.4) is 0 Å². The number of hydrogen-bond acceptors (Lipinski definition) is 2. The van der Waals surface area contributed by atoms with E-state index < -0.39 is 0 Å². The van der Waals surface area contributed by atoms with E-state index in [0.717, 1.165) is 19.4 Å². The Kier molecular flexibility index (Phi) is 4.76. The van der Waals surface area contributed by atoms with Crippen molar-refractivity contribution in [3.8, 4) is 0 Å². The molecular weight excluding hydrogens is 224 g/mol. The average Bonchev–Trinajstić information content (AvgIpc) is 2.78. The maximum Gasteiger partial charge on any atom is 0.217 e. The first-order valence-electron chi connectivity index (χ1n) is 6.82. The van der Waals surface area contributed by atoms with E-state index in [1.54, 1.807) is 0 Å². The molecule has 2 N–H and O–H groups in total. The monoisotopic (exact) mass is 246 g/mol. The van der Waals surface area contributed by atoms with Crippen molar-refractivity contribution in [2.45, 2.75) is 44.7 Å². The molecule has 1 fully saturated rings. The molecule has 0 radical (unpaired) electrons. The molecule has 3 nitrogen and oxygen atoms in total. The van der Waals surface area contributed by atoms with E-state index in [0.29, 0.717) is 12.5 Å². The minimum Gasteiger partial charge on any atom is -0.370 e. The van der Waals surface area contributed by atoms with E-state index in [-0.39, 0.29) is 5.91 Å². The highest BCUT2D eigenvalue weighted by Gasteiger charge is 2.23. The lowest BCUT2D eigenvalue weighted by Gasteiger charge is -2.24. The number of benzene rings is 1. The zero-order chi connectivity index (χ0) is 12.8. The second-order valence-corrected chi connectivity index (χ2v) is 5.11. The van der Waals surface area contributed by atoms with Crippen LogP contribution >= 0.6 is 0 Å². The van der Waals surface area contributed by atoms with Gasteiger partial charge < -0.3 is 5.73 Å². The van der Waals surface area contributed by atoms with Crippen LogP contribution in [-0.4, -0.2) is 23.4 Å². The summed E-state index contributed by atoms with van der Waals surface area (Å²) < 4.78 is 0. The lowest BCUT2D eigenvalue weighted by atomic mass is 10.1. The quantitative estimate of drug-likeness (QED) is 0.837. The van der Waals surface area contributed by atoms with Crippen LogP contribution in [0.1, 0.15) is 37.7 Å². The highest BCUT2D eigenvalue weighted by atomic mass is 16.1. The Morgan fingerprint density at radius 1 is 1.33 bits per heavy atom. The van der Waals surface area contributed by atoms with Gasteiger partial charge in [-0.05, 0) is 37.8 Å². The van der Waals surface area contributed by atoms with E-state index in [2.05, 4.69) is 35.2 Å². The number of primary amides is 1. The molecule has 0 aromatic heterocycles. The van der Waals surface area contributed by atoms with Crippen molar-refractivity contribution in [2.24, 2.45) is 5.73 Å². The third-order valence-corrected chi connectivity index (χ3v) is 3.69. The van der Waals surface area contributed by atoms with Crippen LogP contribution in [0.15, 0.2) is 30.3 Å². The van der Waals surface area contributed by atoms with Gasteiger partial charge in [0.1, 0.15) is 0 Å². The fraction of sp³-hybridized carbons (Fsp3) is 0.533. The molecule has 1 aromatic rings. The normalized spacial score (nSPS) is 20.1. The molecule has 0 aliphatic carbocycles. The van der Waals surface area contributed by atoms with Crippen molar-refractivity contribution in [3.63, 3.8) is 0 Å². The average molecular weight is 246 g/mol. The number of hydrogen-bond donors (Lipinski definition) is 1. The van der Waals surface area contributed by atoms with Gasteiger partial charge in [-0.25, -0.2) is 0 Å². The third kappa shape index (κ3) is 3.84. The predicted molar refractivity (Wildman–Crippen MR) is 72.9 cm³/mol. The second kappa shape index (κ2) is 6.55. The SMILES string of the molecule is NC(=O)CCC[C@@H]1CCCN1Cc1ccccc1. The van der Waals surface area contributed by atoms with Gasteiger partial charge in [-0.3, -0.25) is 9.69 Å². The number of carbonyl (C=O) groups is 1. The number of nitrogens with two attached hydrogens (primary N) is 1. The first kappa shape index (κ1) is 13.1. The fourth-order valence-corrected chi connectivity index (χ4v) is 2.76. The lowest BCUT2D eigenvalue weighted by molar-refractivity contribution is -0.118. The highest BCUT2D eigenvalue weighted by molar-refractivity contribution is 5.73. The van der Waals surface area contributed by atoms with E-state index >= 15 is 0 Å². The first-order valence-corrected chi connectivity index (χ1v) is 6.82. The molecule has 1 aliphatic heterocycles. The predicted octanol–water partition coefficient (Wildman–Crippen LogP) is 2.31. The zero-order valence-electron chi connectivity index (χ0n) is 10.8. The molecule has 1 amide bonds. The van der Waals surface area contributed by atoms with Crippen molar-refractivity contribution < 1.29 is 4.79 Å². The summed E-state index contributed by atoms with van der Waals surface area (Å²) in [4.78, 5) is 13.3. The minimum atomic E-state index is -0.178. The molecule has 0 bridgehead atoms.